The lowest BCUT2D eigenvalue weighted by Gasteiger charge is -2.21. The van der Waals surface area contributed by atoms with Gasteiger partial charge in [0, 0.05) is 0 Å². The van der Waals surface area contributed by atoms with Crippen LogP contribution in [0.1, 0.15) is 32.1 Å². The molecule has 1 saturated heterocycles. The SMILES string of the molecule is C[Si](C)(C)C1OC1C1CCCCC1. The Balaban J connectivity index is 1.84. The van der Waals surface area contributed by atoms with Gasteiger partial charge in [0.05, 0.1) is 19.9 Å². The van der Waals surface area contributed by atoms with Gasteiger partial charge in [0.1, 0.15) is 0 Å². The van der Waals surface area contributed by atoms with Crippen molar-refractivity contribution in [1.29, 1.82) is 0 Å². The van der Waals surface area contributed by atoms with Crippen molar-refractivity contribution in [1.82, 2.24) is 0 Å². The molecule has 0 bridgehead atoms. The molecule has 2 fully saturated rings. The van der Waals surface area contributed by atoms with Crippen LogP contribution in [0, 0.1) is 5.92 Å². The van der Waals surface area contributed by atoms with E-state index in [-0.39, 0.29) is 0 Å². The zero-order chi connectivity index (χ0) is 9.47. The van der Waals surface area contributed by atoms with Gasteiger partial charge >= 0.3 is 0 Å². The highest BCUT2D eigenvalue weighted by Gasteiger charge is 2.51. The Morgan fingerprint density at radius 3 is 2.08 bits per heavy atom. The lowest BCUT2D eigenvalue weighted by atomic mass is 9.87. The maximum Gasteiger partial charge on any atom is 0.0835 e. The van der Waals surface area contributed by atoms with Gasteiger partial charge in [-0.15, -0.1) is 0 Å². The number of epoxide rings is 1. The average Bonchev–Trinajstić information content (AvgIpc) is 2.83. The predicted octanol–water partition coefficient (Wildman–Crippen LogP) is 3.21. The van der Waals surface area contributed by atoms with Gasteiger partial charge in [0.15, 0.2) is 0 Å². The average molecular weight is 198 g/mol. The normalized spacial score (nSPS) is 36.2. The minimum absolute atomic E-state index is 0.673. The van der Waals surface area contributed by atoms with Gasteiger partial charge in [-0.25, -0.2) is 0 Å². The van der Waals surface area contributed by atoms with Gasteiger partial charge in [-0.2, -0.15) is 0 Å². The maximum atomic E-state index is 5.88. The summed E-state index contributed by atoms with van der Waals surface area (Å²) in [5.74, 6) is 0.922. The fraction of sp³-hybridized carbons (Fsp3) is 1.00. The van der Waals surface area contributed by atoms with Crippen LogP contribution in [0.2, 0.25) is 19.6 Å². The van der Waals surface area contributed by atoms with E-state index in [1.165, 1.54) is 32.1 Å². The molecule has 0 N–H and O–H groups in total. The third-order valence-electron chi connectivity index (χ3n) is 3.49. The third-order valence-corrected chi connectivity index (χ3v) is 5.67. The van der Waals surface area contributed by atoms with E-state index < -0.39 is 8.07 Å². The third kappa shape index (κ3) is 2.16. The molecule has 1 nitrogen and oxygen atoms in total. The summed E-state index contributed by atoms with van der Waals surface area (Å²) >= 11 is 0. The molecule has 0 aromatic carbocycles. The van der Waals surface area contributed by atoms with Crippen LogP contribution in [0.4, 0.5) is 0 Å². The summed E-state index contributed by atoms with van der Waals surface area (Å²) in [6.07, 6.45) is 7.90. The Bertz CT molecular complexity index is 179. The van der Waals surface area contributed by atoms with E-state index in [4.69, 9.17) is 4.74 Å². The Labute approximate surface area is 82.9 Å². The van der Waals surface area contributed by atoms with E-state index in [0.29, 0.717) is 11.8 Å². The quantitative estimate of drug-likeness (QED) is 0.490. The van der Waals surface area contributed by atoms with Gasteiger partial charge in [-0.1, -0.05) is 38.9 Å². The van der Waals surface area contributed by atoms with E-state index in [1.807, 2.05) is 0 Å². The summed E-state index contributed by atoms with van der Waals surface area (Å²) < 4.78 is 5.88. The molecular formula is C11H22OSi. The number of ether oxygens (including phenoxy) is 1. The first-order chi connectivity index (χ1) is 6.09. The van der Waals surface area contributed by atoms with E-state index in [9.17, 15) is 0 Å². The largest absolute Gasteiger partial charge is 0.373 e. The first-order valence-corrected chi connectivity index (χ1v) is 9.32. The van der Waals surface area contributed by atoms with Gasteiger partial charge in [0.25, 0.3) is 0 Å². The fourth-order valence-electron chi connectivity index (χ4n) is 2.64. The second kappa shape index (κ2) is 3.39. The van der Waals surface area contributed by atoms with Crippen molar-refractivity contribution < 1.29 is 4.74 Å². The molecule has 0 aromatic heterocycles. The molecule has 0 spiro atoms. The lowest BCUT2D eigenvalue weighted by Crippen LogP contribution is -2.32. The molecule has 0 aromatic rings. The molecule has 1 aliphatic carbocycles. The first-order valence-electron chi connectivity index (χ1n) is 5.74. The summed E-state index contributed by atoms with van der Waals surface area (Å²) in [4.78, 5) is 0. The maximum absolute atomic E-state index is 5.88. The summed E-state index contributed by atoms with van der Waals surface area (Å²) in [5.41, 5.74) is 0.690. The molecular weight excluding hydrogens is 176 g/mol. The highest BCUT2D eigenvalue weighted by atomic mass is 28.3. The van der Waals surface area contributed by atoms with Crippen LogP contribution in [-0.4, -0.2) is 19.9 Å². The van der Waals surface area contributed by atoms with Gasteiger partial charge in [0.2, 0.25) is 0 Å². The first kappa shape index (κ1) is 9.72. The lowest BCUT2D eigenvalue weighted by molar-refractivity contribution is 0.265. The van der Waals surface area contributed by atoms with E-state index in [1.54, 1.807) is 0 Å². The van der Waals surface area contributed by atoms with E-state index in [2.05, 4.69) is 19.6 Å². The van der Waals surface area contributed by atoms with Gasteiger partial charge in [-0.05, 0) is 18.8 Å². The minimum atomic E-state index is -0.993. The van der Waals surface area contributed by atoms with Crippen molar-refractivity contribution in [3.05, 3.63) is 0 Å². The minimum Gasteiger partial charge on any atom is -0.373 e. The topological polar surface area (TPSA) is 12.5 Å². The van der Waals surface area contributed by atoms with Crippen LogP contribution in [0.15, 0.2) is 0 Å². The van der Waals surface area contributed by atoms with E-state index >= 15 is 0 Å². The smallest absolute Gasteiger partial charge is 0.0835 e. The van der Waals surface area contributed by atoms with Crippen molar-refractivity contribution in [2.24, 2.45) is 5.92 Å². The summed E-state index contributed by atoms with van der Waals surface area (Å²) in [5, 5.41) is 0. The Morgan fingerprint density at radius 1 is 1.00 bits per heavy atom. The zero-order valence-corrected chi connectivity index (χ0v) is 10.2. The molecule has 13 heavy (non-hydrogen) atoms. The molecule has 2 aliphatic rings. The Hall–Kier alpha value is 0.177. The van der Waals surface area contributed by atoms with Crippen molar-refractivity contribution in [3.63, 3.8) is 0 Å². The monoisotopic (exact) mass is 198 g/mol. The van der Waals surface area contributed by atoms with Crippen LogP contribution >= 0.6 is 0 Å². The zero-order valence-electron chi connectivity index (χ0n) is 9.18. The fourth-order valence-corrected chi connectivity index (χ4v) is 4.47. The second-order valence-corrected chi connectivity index (χ2v) is 11.1. The summed E-state index contributed by atoms with van der Waals surface area (Å²) in [6.45, 7) is 7.29. The van der Waals surface area contributed by atoms with Crippen LogP contribution < -0.4 is 0 Å². The highest BCUT2D eigenvalue weighted by Crippen LogP contribution is 2.42. The van der Waals surface area contributed by atoms with Crippen LogP contribution in [-0.2, 0) is 4.74 Å². The van der Waals surface area contributed by atoms with Gasteiger partial charge in [-0.3, -0.25) is 0 Å². The molecule has 2 unspecified atom stereocenters. The second-order valence-electron chi connectivity index (χ2n) is 5.79. The van der Waals surface area contributed by atoms with Crippen LogP contribution in [0.3, 0.4) is 0 Å². The standard InChI is InChI=1S/C11H22OSi/c1-13(2,3)11-10(12-11)9-7-5-4-6-8-9/h9-11H,4-8H2,1-3H3. The molecule has 2 atom stereocenters. The van der Waals surface area contributed by atoms with Crippen LogP contribution in [0.25, 0.3) is 0 Å². The molecule has 0 radical (unpaired) electrons. The Kier molecular flexibility index (Phi) is 2.54. The van der Waals surface area contributed by atoms with Crippen LogP contribution in [0.5, 0.6) is 0 Å². The summed E-state index contributed by atoms with van der Waals surface area (Å²) in [7, 11) is -0.993. The highest BCUT2D eigenvalue weighted by molar-refractivity contribution is 6.78. The predicted molar refractivity (Wildman–Crippen MR) is 58.6 cm³/mol. The number of hydrogen-bond donors (Lipinski definition) is 0. The van der Waals surface area contributed by atoms with Gasteiger partial charge < -0.3 is 4.74 Å². The molecule has 2 rings (SSSR count). The van der Waals surface area contributed by atoms with Crippen molar-refractivity contribution in [2.45, 2.75) is 63.6 Å². The molecule has 1 heterocycles. The number of rotatable bonds is 2. The Morgan fingerprint density at radius 2 is 1.62 bits per heavy atom. The van der Waals surface area contributed by atoms with Crippen molar-refractivity contribution >= 4 is 8.07 Å². The van der Waals surface area contributed by atoms with Crippen molar-refractivity contribution in [2.75, 3.05) is 0 Å². The number of hydrogen-bond acceptors (Lipinski definition) is 1. The molecule has 1 saturated carbocycles. The molecule has 1 aliphatic heterocycles. The summed E-state index contributed by atoms with van der Waals surface area (Å²) in [6, 6.07) is 0. The molecule has 2 heteroatoms. The van der Waals surface area contributed by atoms with Crippen molar-refractivity contribution in [3.8, 4) is 0 Å². The molecule has 0 amide bonds. The van der Waals surface area contributed by atoms with E-state index in [0.717, 1.165) is 5.92 Å². The molecule has 76 valence electrons.